The Labute approximate surface area is 44.4 Å². The van der Waals surface area contributed by atoms with E-state index in [9.17, 15) is 0 Å². The number of rotatable bonds is 0. The van der Waals surface area contributed by atoms with Crippen LogP contribution in [0.4, 0.5) is 0 Å². The lowest BCUT2D eigenvalue weighted by Gasteiger charge is -2.07. The molecule has 1 N–H and O–H groups in total. The predicted octanol–water partition coefficient (Wildman–Crippen LogP) is 1.44. The fourth-order valence-electron chi connectivity index (χ4n) is 0.657. The summed E-state index contributed by atoms with van der Waals surface area (Å²) in [6.07, 6.45) is 4.46. The lowest BCUT2D eigenvalue weighted by molar-refractivity contribution is 0.789. The molecule has 1 radical (unpaired) electrons. The van der Waals surface area contributed by atoms with Gasteiger partial charge in [-0.25, -0.2) is 0 Å². The summed E-state index contributed by atoms with van der Waals surface area (Å²) < 4.78 is 0. The fraction of sp³-hybridized carbons (Fsp3) is 0.500. The van der Waals surface area contributed by atoms with Gasteiger partial charge in [0.25, 0.3) is 0 Å². The molecule has 1 aliphatic rings. The molecule has 1 heteroatoms. The number of allylic oxidation sites excluding steroid dienone is 1. The lowest BCUT2D eigenvalue weighted by atomic mass is 10.1. The molecule has 1 rings (SSSR count). The van der Waals surface area contributed by atoms with E-state index in [0.717, 1.165) is 0 Å². The highest BCUT2D eigenvalue weighted by Crippen LogP contribution is 2.07. The maximum Gasteiger partial charge on any atom is 0.0460 e. The van der Waals surface area contributed by atoms with Gasteiger partial charge in [0.2, 0.25) is 0 Å². The molecule has 0 aromatic heterocycles. The monoisotopic (exact) mass is 96.1 g/mol. The summed E-state index contributed by atoms with van der Waals surface area (Å²) in [6, 6.07) is 0. The Kier molecular flexibility index (Phi) is 1.35. The van der Waals surface area contributed by atoms with Gasteiger partial charge in [-0.1, -0.05) is 5.57 Å². The van der Waals surface area contributed by atoms with Crippen molar-refractivity contribution in [3.63, 3.8) is 0 Å². The Morgan fingerprint density at radius 3 is 2.86 bits per heavy atom. The van der Waals surface area contributed by atoms with E-state index in [1.807, 2.05) is 6.20 Å². The SMILES string of the molecule is CC1=CN[CH]CC1. The van der Waals surface area contributed by atoms with Gasteiger partial charge >= 0.3 is 0 Å². The highest BCUT2D eigenvalue weighted by molar-refractivity contribution is 5.02. The van der Waals surface area contributed by atoms with E-state index < -0.39 is 0 Å². The zero-order chi connectivity index (χ0) is 5.11. The molecular weight excluding hydrogens is 86.1 g/mol. The van der Waals surface area contributed by atoms with Gasteiger partial charge in [0, 0.05) is 6.54 Å². The van der Waals surface area contributed by atoms with Gasteiger partial charge in [-0.15, -0.1) is 0 Å². The summed E-state index contributed by atoms with van der Waals surface area (Å²) in [5.74, 6) is 0. The molecule has 1 nitrogen and oxygen atoms in total. The second kappa shape index (κ2) is 2.01. The van der Waals surface area contributed by atoms with Crippen molar-refractivity contribution in [1.82, 2.24) is 5.32 Å². The Hall–Kier alpha value is -0.460. The summed E-state index contributed by atoms with van der Waals surface area (Å²) in [5, 5.41) is 3.05. The zero-order valence-corrected chi connectivity index (χ0v) is 4.57. The summed E-state index contributed by atoms with van der Waals surface area (Å²) in [5.41, 5.74) is 1.45. The van der Waals surface area contributed by atoms with Gasteiger partial charge in [0.1, 0.15) is 0 Å². The quantitative estimate of drug-likeness (QED) is 0.481. The van der Waals surface area contributed by atoms with Crippen molar-refractivity contribution in [3.05, 3.63) is 18.3 Å². The van der Waals surface area contributed by atoms with Gasteiger partial charge in [0.05, 0.1) is 0 Å². The first-order valence-electron chi connectivity index (χ1n) is 2.63. The minimum absolute atomic E-state index is 1.18. The summed E-state index contributed by atoms with van der Waals surface area (Å²) in [7, 11) is 0. The molecule has 0 bridgehead atoms. The molecule has 7 heavy (non-hydrogen) atoms. The van der Waals surface area contributed by atoms with Crippen LogP contribution in [0.2, 0.25) is 0 Å². The van der Waals surface area contributed by atoms with Gasteiger partial charge in [-0.05, 0) is 26.0 Å². The second-order valence-corrected chi connectivity index (χ2v) is 1.90. The lowest BCUT2D eigenvalue weighted by Crippen LogP contribution is -2.06. The van der Waals surface area contributed by atoms with Crippen molar-refractivity contribution in [2.24, 2.45) is 0 Å². The molecule has 0 amide bonds. The zero-order valence-electron chi connectivity index (χ0n) is 4.57. The molecule has 0 saturated carbocycles. The van der Waals surface area contributed by atoms with E-state index in [1.165, 1.54) is 18.4 Å². The molecule has 0 aromatic rings. The first-order valence-corrected chi connectivity index (χ1v) is 2.63. The van der Waals surface area contributed by atoms with Crippen molar-refractivity contribution < 1.29 is 0 Å². The van der Waals surface area contributed by atoms with E-state index in [2.05, 4.69) is 18.8 Å². The predicted molar refractivity (Wildman–Crippen MR) is 30.4 cm³/mol. The van der Waals surface area contributed by atoms with E-state index in [0.29, 0.717) is 0 Å². The van der Waals surface area contributed by atoms with Gasteiger partial charge in [-0.3, -0.25) is 0 Å². The standard InChI is InChI=1S/C6H10N/c1-6-3-2-4-7-5-6/h4-5,7H,2-3H2,1H3. The van der Waals surface area contributed by atoms with Crippen LogP contribution in [0, 0.1) is 6.54 Å². The minimum Gasteiger partial charge on any atom is -0.386 e. The van der Waals surface area contributed by atoms with Crippen molar-refractivity contribution in [2.45, 2.75) is 19.8 Å². The molecule has 0 spiro atoms. The molecule has 0 aromatic carbocycles. The van der Waals surface area contributed by atoms with Crippen molar-refractivity contribution >= 4 is 0 Å². The highest BCUT2D eigenvalue weighted by atomic mass is 14.8. The molecule has 1 heterocycles. The van der Waals surface area contributed by atoms with Crippen LogP contribution in [0.5, 0.6) is 0 Å². The summed E-state index contributed by atoms with van der Waals surface area (Å²) >= 11 is 0. The van der Waals surface area contributed by atoms with Gasteiger partial charge in [-0.2, -0.15) is 0 Å². The summed E-state index contributed by atoms with van der Waals surface area (Å²) in [4.78, 5) is 0. The van der Waals surface area contributed by atoms with Crippen LogP contribution in [0.1, 0.15) is 19.8 Å². The van der Waals surface area contributed by atoms with Crippen LogP contribution in [-0.4, -0.2) is 0 Å². The third-order valence-corrected chi connectivity index (χ3v) is 1.13. The average Bonchev–Trinajstić information content (AvgIpc) is 1.69. The molecular formula is C6H10N. The molecule has 0 unspecified atom stereocenters. The maximum atomic E-state index is 3.05. The van der Waals surface area contributed by atoms with Crippen LogP contribution in [-0.2, 0) is 0 Å². The number of hydrogen-bond donors (Lipinski definition) is 1. The summed E-state index contributed by atoms with van der Waals surface area (Å²) in [6.45, 7) is 4.22. The largest absolute Gasteiger partial charge is 0.386 e. The fourth-order valence-corrected chi connectivity index (χ4v) is 0.657. The van der Waals surface area contributed by atoms with Crippen LogP contribution in [0.15, 0.2) is 11.8 Å². The smallest absolute Gasteiger partial charge is 0.0460 e. The van der Waals surface area contributed by atoms with Gasteiger partial charge < -0.3 is 5.32 Å². The third kappa shape index (κ3) is 1.22. The van der Waals surface area contributed by atoms with Crippen molar-refractivity contribution in [2.75, 3.05) is 0 Å². The molecule has 0 saturated heterocycles. The normalized spacial score (nSPS) is 20.4. The molecule has 1 aliphatic heterocycles. The Morgan fingerprint density at radius 1 is 1.71 bits per heavy atom. The van der Waals surface area contributed by atoms with Crippen LogP contribution >= 0.6 is 0 Å². The van der Waals surface area contributed by atoms with Crippen LogP contribution < -0.4 is 5.32 Å². The Bertz CT molecular complexity index is 84.2. The molecule has 39 valence electrons. The van der Waals surface area contributed by atoms with E-state index in [-0.39, 0.29) is 0 Å². The van der Waals surface area contributed by atoms with Crippen LogP contribution in [0.3, 0.4) is 0 Å². The minimum atomic E-state index is 1.18. The van der Waals surface area contributed by atoms with E-state index >= 15 is 0 Å². The van der Waals surface area contributed by atoms with E-state index in [4.69, 9.17) is 0 Å². The molecule has 0 aliphatic carbocycles. The number of hydrogen-bond acceptors (Lipinski definition) is 1. The van der Waals surface area contributed by atoms with Gasteiger partial charge in [0.15, 0.2) is 0 Å². The first-order chi connectivity index (χ1) is 3.39. The average molecular weight is 96.2 g/mol. The maximum absolute atomic E-state index is 3.05. The Morgan fingerprint density at radius 2 is 2.57 bits per heavy atom. The molecule has 0 atom stereocenters. The van der Waals surface area contributed by atoms with Crippen molar-refractivity contribution in [1.29, 1.82) is 0 Å². The van der Waals surface area contributed by atoms with E-state index in [1.54, 1.807) is 0 Å². The third-order valence-electron chi connectivity index (χ3n) is 1.13. The van der Waals surface area contributed by atoms with Crippen LogP contribution in [0.25, 0.3) is 0 Å². The second-order valence-electron chi connectivity index (χ2n) is 1.90. The first kappa shape index (κ1) is 4.69. The number of nitrogens with one attached hydrogen (secondary N) is 1. The Balaban J connectivity index is 2.40. The topological polar surface area (TPSA) is 12.0 Å². The highest BCUT2D eigenvalue weighted by Gasteiger charge is 1.94. The molecule has 0 fully saturated rings. The van der Waals surface area contributed by atoms with Crippen molar-refractivity contribution in [3.8, 4) is 0 Å².